The molecule has 404 valence electrons. The van der Waals surface area contributed by atoms with Crippen molar-refractivity contribution in [2.45, 2.75) is 301 Å². The van der Waals surface area contributed by atoms with E-state index < -0.39 is 49.5 Å². The highest BCUT2D eigenvalue weighted by Gasteiger charge is 2.44. The SMILES string of the molecule is CCCCCC/C=C/CC/C=C/CC/C=C/C(O)C(COC1OC(CO)C(O)C(O)C1O)NC(=O)CCCCCCCCCCCCCCCCCCOC(=O)CCCCCCCCCCCCC. The van der Waals surface area contributed by atoms with Crippen LogP contribution in [0, 0.1) is 0 Å². The van der Waals surface area contributed by atoms with Crippen LogP contribution in [0.15, 0.2) is 36.5 Å². The second-order valence-electron chi connectivity index (χ2n) is 20.0. The lowest BCUT2D eigenvalue weighted by Crippen LogP contribution is -2.60. The van der Waals surface area contributed by atoms with Crippen molar-refractivity contribution in [3.05, 3.63) is 36.5 Å². The normalized spacial score (nSPS) is 19.6. The van der Waals surface area contributed by atoms with Gasteiger partial charge in [-0.25, -0.2) is 0 Å². The molecule has 1 amide bonds. The summed E-state index contributed by atoms with van der Waals surface area (Å²) in [4.78, 5) is 25.0. The summed E-state index contributed by atoms with van der Waals surface area (Å²) in [5.74, 6) is -0.220. The summed E-state index contributed by atoms with van der Waals surface area (Å²) < 4.78 is 16.7. The third kappa shape index (κ3) is 38.2. The summed E-state index contributed by atoms with van der Waals surface area (Å²) in [6, 6.07) is -0.839. The Morgan fingerprint density at radius 1 is 0.522 bits per heavy atom. The van der Waals surface area contributed by atoms with Crippen molar-refractivity contribution in [1.29, 1.82) is 0 Å². The van der Waals surface area contributed by atoms with Gasteiger partial charge in [0.1, 0.15) is 24.4 Å². The van der Waals surface area contributed by atoms with Gasteiger partial charge in [0, 0.05) is 12.8 Å². The highest BCUT2D eigenvalue weighted by atomic mass is 16.7. The van der Waals surface area contributed by atoms with Gasteiger partial charge in [-0.05, 0) is 57.8 Å². The molecule has 1 rings (SSSR count). The molecule has 1 aliphatic rings. The molecule has 0 aromatic rings. The number of aliphatic hydroxyl groups is 5. The van der Waals surface area contributed by atoms with E-state index in [0.29, 0.717) is 19.4 Å². The van der Waals surface area contributed by atoms with Crippen LogP contribution in [0.2, 0.25) is 0 Å². The minimum Gasteiger partial charge on any atom is -0.466 e. The number of rotatable bonds is 49. The fourth-order valence-corrected chi connectivity index (χ4v) is 8.88. The van der Waals surface area contributed by atoms with E-state index in [2.05, 4.69) is 43.5 Å². The monoisotopic (exact) mass is 978 g/mol. The molecule has 0 bridgehead atoms. The molecule has 0 saturated carbocycles. The van der Waals surface area contributed by atoms with Crippen molar-refractivity contribution in [3.8, 4) is 0 Å². The molecular weight excluding hydrogens is 871 g/mol. The fraction of sp³-hybridized carbons (Fsp3) is 0.862. The van der Waals surface area contributed by atoms with Crippen LogP contribution in [0.5, 0.6) is 0 Å². The molecule has 7 unspecified atom stereocenters. The molecule has 0 spiro atoms. The lowest BCUT2D eigenvalue weighted by Gasteiger charge is -2.40. The van der Waals surface area contributed by atoms with Gasteiger partial charge in [0.15, 0.2) is 6.29 Å². The minimum absolute atomic E-state index is 0.0166. The van der Waals surface area contributed by atoms with Crippen molar-refractivity contribution in [2.24, 2.45) is 0 Å². The topological polar surface area (TPSA) is 175 Å². The summed E-state index contributed by atoms with van der Waals surface area (Å²) in [6.45, 7) is 4.27. The highest BCUT2D eigenvalue weighted by molar-refractivity contribution is 5.76. The number of aliphatic hydroxyl groups excluding tert-OH is 5. The first kappa shape index (κ1) is 64.9. The predicted octanol–water partition coefficient (Wildman–Crippen LogP) is 12.7. The Morgan fingerprint density at radius 2 is 0.942 bits per heavy atom. The number of hydrogen-bond acceptors (Lipinski definition) is 10. The van der Waals surface area contributed by atoms with Gasteiger partial charge < -0.3 is 45.1 Å². The quantitative estimate of drug-likeness (QED) is 0.0196. The molecule has 0 aromatic carbocycles. The Kier molecular flexibility index (Phi) is 45.3. The summed E-state index contributed by atoms with van der Waals surface area (Å²) in [5, 5.41) is 54.3. The molecule has 1 heterocycles. The largest absolute Gasteiger partial charge is 0.466 e. The minimum atomic E-state index is -1.58. The number of ether oxygens (including phenoxy) is 3. The predicted molar refractivity (Wildman–Crippen MR) is 283 cm³/mol. The molecule has 69 heavy (non-hydrogen) atoms. The molecule has 11 heteroatoms. The Morgan fingerprint density at radius 3 is 1.43 bits per heavy atom. The number of carbonyl (C=O) groups is 2. The van der Waals surface area contributed by atoms with Crippen LogP contribution in [-0.2, 0) is 23.8 Å². The zero-order chi connectivity index (χ0) is 50.3. The van der Waals surface area contributed by atoms with E-state index in [9.17, 15) is 35.1 Å². The summed E-state index contributed by atoms with van der Waals surface area (Å²) in [7, 11) is 0. The van der Waals surface area contributed by atoms with Gasteiger partial charge in [-0.1, -0.05) is 224 Å². The van der Waals surface area contributed by atoms with E-state index >= 15 is 0 Å². The zero-order valence-corrected chi connectivity index (χ0v) is 44.3. The molecule has 1 fully saturated rings. The average Bonchev–Trinajstić information content (AvgIpc) is 3.34. The van der Waals surface area contributed by atoms with E-state index in [1.165, 1.54) is 148 Å². The Bertz CT molecular complexity index is 1240. The van der Waals surface area contributed by atoms with Gasteiger partial charge in [0.2, 0.25) is 5.91 Å². The lowest BCUT2D eigenvalue weighted by atomic mass is 9.99. The first-order chi connectivity index (χ1) is 33.7. The molecule has 0 aromatic heterocycles. The van der Waals surface area contributed by atoms with E-state index in [1.54, 1.807) is 6.08 Å². The van der Waals surface area contributed by atoms with E-state index in [1.807, 2.05) is 6.08 Å². The van der Waals surface area contributed by atoms with Crippen molar-refractivity contribution in [1.82, 2.24) is 5.32 Å². The van der Waals surface area contributed by atoms with Crippen molar-refractivity contribution < 1.29 is 49.3 Å². The van der Waals surface area contributed by atoms with Crippen LogP contribution < -0.4 is 5.32 Å². The van der Waals surface area contributed by atoms with Gasteiger partial charge in [-0.3, -0.25) is 9.59 Å². The first-order valence-corrected chi connectivity index (χ1v) is 28.8. The van der Waals surface area contributed by atoms with Crippen LogP contribution in [-0.4, -0.2) is 100 Å². The molecular formula is C58H107NO10. The maximum Gasteiger partial charge on any atom is 0.305 e. The smallest absolute Gasteiger partial charge is 0.305 e. The van der Waals surface area contributed by atoms with Crippen LogP contribution in [0.1, 0.15) is 258 Å². The first-order valence-electron chi connectivity index (χ1n) is 28.8. The number of unbranched alkanes of at least 4 members (excludes halogenated alkanes) is 31. The van der Waals surface area contributed by atoms with Crippen LogP contribution in [0.25, 0.3) is 0 Å². The molecule has 0 aliphatic carbocycles. The fourth-order valence-electron chi connectivity index (χ4n) is 8.88. The molecule has 1 saturated heterocycles. The van der Waals surface area contributed by atoms with Crippen LogP contribution in [0.3, 0.4) is 0 Å². The van der Waals surface area contributed by atoms with Crippen molar-refractivity contribution >= 4 is 11.9 Å². The van der Waals surface area contributed by atoms with Crippen molar-refractivity contribution in [3.63, 3.8) is 0 Å². The third-order valence-electron chi connectivity index (χ3n) is 13.5. The molecule has 1 aliphatic heterocycles. The number of nitrogens with one attached hydrogen (secondary N) is 1. The van der Waals surface area contributed by atoms with Gasteiger partial charge in [0.05, 0.1) is 32.0 Å². The summed E-state index contributed by atoms with van der Waals surface area (Å²) in [5.41, 5.74) is 0. The van der Waals surface area contributed by atoms with Gasteiger partial charge in [-0.15, -0.1) is 0 Å². The van der Waals surface area contributed by atoms with E-state index in [0.717, 1.165) is 83.5 Å². The second-order valence-corrected chi connectivity index (χ2v) is 20.0. The zero-order valence-electron chi connectivity index (χ0n) is 44.3. The summed E-state index contributed by atoms with van der Waals surface area (Å²) >= 11 is 0. The van der Waals surface area contributed by atoms with Gasteiger partial charge in [-0.2, -0.15) is 0 Å². The number of amides is 1. The van der Waals surface area contributed by atoms with E-state index in [-0.39, 0.29) is 18.5 Å². The number of esters is 1. The molecule has 6 N–H and O–H groups in total. The van der Waals surface area contributed by atoms with Gasteiger partial charge >= 0.3 is 5.97 Å². The molecule has 11 nitrogen and oxygen atoms in total. The second kappa shape index (κ2) is 48.2. The number of allylic oxidation sites excluding steroid dienone is 5. The van der Waals surface area contributed by atoms with Crippen molar-refractivity contribution in [2.75, 3.05) is 19.8 Å². The van der Waals surface area contributed by atoms with Crippen LogP contribution >= 0.6 is 0 Å². The Balaban J connectivity index is 2.15. The maximum atomic E-state index is 13.0. The standard InChI is InChI=1S/C58H107NO10/c1-3-5-7-9-11-13-15-16-21-25-28-32-36-40-44-51(61)50(49-68-58-57(66)56(65)55(64)52(48-60)69-58)59-53(62)45-41-37-33-29-26-22-19-17-18-20-23-27-31-35-39-43-47-67-54(63)46-42-38-34-30-24-14-12-10-8-6-4-2/h13,15,25,28,40,44,50-52,55-58,60-61,64-66H,3-12,14,16-24,26-27,29-39,41-43,45-49H2,1-2H3,(H,59,62)/b15-13+,28-25+,44-40+. The van der Waals surface area contributed by atoms with E-state index in [4.69, 9.17) is 14.2 Å². The number of carbonyl (C=O) groups excluding carboxylic acids is 2. The average molecular weight is 978 g/mol. The highest BCUT2D eigenvalue weighted by Crippen LogP contribution is 2.23. The molecule has 0 radical (unpaired) electrons. The summed E-state index contributed by atoms with van der Waals surface area (Å²) in [6.07, 6.45) is 47.9. The van der Waals surface area contributed by atoms with Crippen LogP contribution in [0.4, 0.5) is 0 Å². The Hall–Kier alpha value is -2.12. The van der Waals surface area contributed by atoms with Gasteiger partial charge in [0.25, 0.3) is 0 Å². The third-order valence-corrected chi connectivity index (χ3v) is 13.5. The number of hydrogen-bond donors (Lipinski definition) is 6. The lowest BCUT2D eigenvalue weighted by molar-refractivity contribution is -0.302. The maximum absolute atomic E-state index is 13.0. The Labute approximate surface area is 422 Å². The molecule has 7 atom stereocenters.